The van der Waals surface area contributed by atoms with Crippen molar-refractivity contribution < 1.29 is 9.50 Å². The Hall–Kier alpha value is -1.11. The number of halogens is 2. The summed E-state index contributed by atoms with van der Waals surface area (Å²) in [6.07, 6.45) is -1.32. The van der Waals surface area contributed by atoms with Crippen molar-refractivity contribution in [3.8, 4) is 6.07 Å². The summed E-state index contributed by atoms with van der Waals surface area (Å²) in [7, 11) is 0. The van der Waals surface area contributed by atoms with Gasteiger partial charge in [0, 0.05) is 10.6 Å². The van der Waals surface area contributed by atoms with Crippen LogP contribution < -0.4 is 0 Å². The largest absolute Gasteiger partial charge is 0.387 e. The maximum atomic E-state index is 13.1. The maximum absolute atomic E-state index is 13.1. The minimum atomic E-state index is -1.15. The maximum Gasteiger partial charge on any atom is 0.130 e. The van der Waals surface area contributed by atoms with Gasteiger partial charge in [-0.3, -0.25) is 0 Å². The molecule has 13 heavy (non-hydrogen) atoms. The summed E-state index contributed by atoms with van der Waals surface area (Å²) >= 11 is 5.65. The molecule has 0 bridgehead atoms. The fraction of sp³-hybridized carbons (Fsp3) is 0.222. The van der Waals surface area contributed by atoms with Crippen LogP contribution in [0.5, 0.6) is 0 Å². The van der Waals surface area contributed by atoms with Crippen molar-refractivity contribution in [3.63, 3.8) is 0 Å². The number of benzene rings is 1. The predicted molar refractivity (Wildman–Crippen MR) is 46.6 cm³/mol. The minimum absolute atomic E-state index is 0.00860. The monoisotopic (exact) mass is 199 g/mol. The third-order valence-corrected chi connectivity index (χ3v) is 1.95. The predicted octanol–water partition coefficient (Wildman–Crippen LogP) is 2.43. The molecule has 0 aliphatic rings. The van der Waals surface area contributed by atoms with Crippen LogP contribution in [-0.4, -0.2) is 5.11 Å². The number of nitriles is 1. The van der Waals surface area contributed by atoms with Gasteiger partial charge in [0.25, 0.3) is 0 Å². The highest BCUT2D eigenvalue weighted by Gasteiger charge is 2.15. The van der Waals surface area contributed by atoms with Crippen LogP contribution in [0.1, 0.15) is 18.1 Å². The molecule has 68 valence electrons. The summed E-state index contributed by atoms with van der Waals surface area (Å²) in [6.45, 7) is 0. The van der Waals surface area contributed by atoms with E-state index in [1.165, 1.54) is 18.2 Å². The SMILES string of the molecule is N#CCC(O)c1c(F)cccc1Cl. The molecule has 0 aliphatic heterocycles. The molecule has 0 aliphatic carbocycles. The molecule has 0 saturated heterocycles. The first kappa shape index (κ1) is 9.97. The first-order valence-electron chi connectivity index (χ1n) is 3.65. The van der Waals surface area contributed by atoms with Crippen LogP contribution in [0.25, 0.3) is 0 Å². The van der Waals surface area contributed by atoms with E-state index in [0.29, 0.717) is 0 Å². The lowest BCUT2D eigenvalue weighted by atomic mass is 10.1. The van der Waals surface area contributed by atoms with Gasteiger partial charge in [0.05, 0.1) is 18.6 Å². The Kier molecular flexibility index (Phi) is 3.24. The average Bonchev–Trinajstić information content (AvgIpc) is 2.04. The van der Waals surface area contributed by atoms with Gasteiger partial charge < -0.3 is 5.11 Å². The molecule has 1 unspecified atom stereocenters. The number of hydrogen-bond acceptors (Lipinski definition) is 2. The molecule has 1 rings (SSSR count). The smallest absolute Gasteiger partial charge is 0.130 e. The van der Waals surface area contributed by atoms with Crippen LogP contribution in [0.3, 0.4) is 0 Å². The number of hydrogen-bond donors (Lipinski definition) is 1. The molecule has 0 amide bonds. The molecule has 4 heteroatoms. The van der Waals surface area contributed by atoms with Gasteiger partial charge in [0.2, 0.25) is 0 Å². The molecule has 1 atom stereocenters. The van der Waals surface area contributed by atoms with E-state index in [-0.39, 0.29) is 17.0 Å². The van der Waals surface area contributed by atoms with Gasteiger partial charge in [-0.15, -0.1) is 0 Å². The van der Waals surface area contributed by atoms with Crippen LogP contribution >= 0.6 is 11.6 Å². The molecule has 0 heterocycles. The van der Waals surface area contributed by atoms with E-state index in [4.69, 9.17) is 16.9 Å². The lowest BCUT2D eigenvalue weighted by Gasteiger charge is -2.09. The second-order valence-electron chi connectivity index (χ2n) is 2.51. The van der Waals surface area contributed by atoms with E-state index in [1.54, 1.807) is 6.07 Å². The second-order valence-corrected chi connectivity index (χ2v) is 2.92. The summed E-state index contributed by atoms with van der Waals surface area (Å²) in [5.74, 6) is -0.588. The second kappa shape index (κ2) is 4.22. The lowest BCUT2D eigenvalue weighted by Crippen LogP contribution is -2.00. The molecule has 0 spiro atoms. The molecule has 1 N–H and O–H groups in total. The van der Waals surface area contributed by atoms with Crippen molar-refractivity contribution in [2.45, 2.75) is 12.5 Å². The average molecular weight is 200 g/mol. The van der Waals surface area contributed by atoms with Crippen LogP contribution in [0.15, 0.2) is 18.2 Å². The summed E-state index contributed by atoms with van der Waals surface area (Å²) in [4.78, 5) is 0. The van der Waals surface area contributed by atoms with Gasteiger partial charge in [-0.1, -0.05) is 17.7 Å². The van der Waals surface area contributed by atoms with Crippen molar-refractivity contribution in [3.05, 3.63) is 34.6 Å². The van der Waals surface area contributed by atoms with E-state index >= 15 is 0 Å². The highest BCUT2D eigenvalue weighted by molar-refractivity contribution is 6.31. The zero-order chi connectivity index (χ0) is 9.84. The topological polar surface area (TPSA) is 44.0 Å². The van der Waals surface area contributed by atoms with Crippen LogP contribution in [0, 0.1) is 17.1 Å². The van der Waals surface area contributed by atoms with Crippen LogP contribution in [-0.2, 0) is 0 Å². The molecule has 2 nitrogen and oxygen atoms in total. The number of aliphatic hydroxyl groups is 1. The quantitative estimate of drug-likeness (QED) is 0.795. The highest BCUT2D eigenvalue weighted by atomic mass is 35.5. The Balaban J connectivity index is 3.06. The van der Waals surface area contributed by atoms with Gasteiger partial charge in [-0.2, -0.15) is 5.26 Å². The van der Waals surface area contributed by atoms with Gasteiger partial charge in [0.15, 0.2) is 0 Å². The number of aliphatic hydroxyl groups excluding tert-OH is 1. The standard InChI is InChI=1S/C9H7ClFNO/c10-6-2-1-3-7(11)9(6)8(13)4-5-12/h1-3,8,13H,4H2. The van der Waals surface area contributed by atoms with Gasteiger partial charge in [-0.25, -0.2) is 4.39 Å². The van der Waals surface area contributed by atoms with Crippen molar-refractivity contribution in [1.29, 1.82) is 5.26 Å². The molecular weight excluding hydrogens is 193 g/mol. The first-order chi connectivity index (χ1) is 6.16. The van der Waals surface area contributed by atoms with Gasteiger partial charge in [0.1, 0.15) is 5.82 Å². The van der Waals surface area contributed by atoms with E-state index in [2.05, 4.69) is 0 Å². The molecule has 0 aromatic heterocycles. The van der Waals surface area contributed by atoms with Crippen molar-refractivity contribution in [2.75, 3.05) is 0 Å². The summed E-state index contributed by atoms with van der Waals surface area (Å²) in [6, 6.07) is 5.86. The fourth-order valence-corrected chi connectivity index (χ4v) is 1.31. The summed E-state index contributed by atoms with van der Waals surface area (Å²) < 4.78 is 13.1. The third kappa shape index (κ3) is 2.18. The van der Waals surface area contributed by atoms with Crippen LogP contribution in [0.2, 0.25) is 5.02 Å². The Morgan fingerprint density at radius 1 is 1.62 bits per heavy atom. The van der Waals surface area contributed by atoms with Crippen molar-refractivity contribution >= 4 is 11.6 Å². The van der Waals surface area contributed by atoms with E-state index < -0.39 is 11.9 Å². The Morgan fingerprint density at radius 2 is 2.31 bits per heavy atom. The molecule has 1 aromatic rings. The van der Waals surface area contributed by atoms with E-state index in [1.807, 2.05) is 0 Å². The minimum Gasteiger partial charge on any atom is -0.387 e. The van der Waals surface area contributed by atoms with E-state index in [0.717, 1.165) is 0 Å². The Bertz CT molecular complexity index is 328. The normalized spacial score (nSPS) is 12.2. The van der Waals surface area contributed by atoms with E-state index in [9.17, 15) is 9.50 Å². The highest BCUT2D eigenvalue weighted by Crippen LogP contribution is 2.27. The fourth-order valence-electron chi connectivity index (χ4n) is 1.02. The number of rotatable bonds is 2. The summed E-state index contributed by atoms with van der Waals surface area (Å²) in [5, 5.41) is 17.8. The van der Waals surface area contributed by atoms with Gasteiger partial charge >= 0.3 is 0 Å². The first-order valence-corrected chi connectivity index (χ1v) is 4.03. The zero-order valence-corrected chi connectivity index (χ0v) is 7.42. The molecule has 0 saturated carbocycles. The third-order valence-electron chi connectivity index (χ3n) is 1.62. The van der Waals surface area contributed by atoms with Crippen molar-refractivity contribution in [1.82, 2.24) is 0 Å². The van der Waals surface area contributed by atoms with Crippen LogP contribution in [0.4, 0.5) is 4.39 Å². The molecular formula is C9H7ClFNO. The van der Waals surface area contributed by atoms with Gasteiger partial charge in [-0.05, 0) is 12.1 Å². The number of nitrogens with zero attached hydrogens (tertiary/aromatic N) is 1. The zero-order valence-electron chi connectivity index (χ0n) is 6.67. The molecule has 0 fully saturated rings. The molecule has 1 aromatic carbocycles. The summed E-state index contributed by atoms with van der Waals surface area (Å²) in [5.41, 5.74) is -0.00860. The Morgan fingerprint density at radius 3 is 2.85 bits per heavy atom. The Labute approximate surface area is 80.2 Å². The molecule has 0 radical (unpaired) electrons. The lowest BCUT2D eigenvalue weighted by molar-refractivity contribution is 0.178. The van der Waals surface area contributed by atoms with Crippen molar-refractivity contribution in [2.24, 2.45) is 0 Å².